The van der Waals surface area contributed by atoms with Gasteiger partial charge in [0.25, 0.3) is 0 Å². The van der Waals surface area contributed by atoms with Crippen molar-refractivity contribution in [3.8, 4) is 0 Å². The summed E-state index contributed by atoms with van der Waals surface area (Å²) in [5.41, 5.74) is 1.42. The molecule has 27 heavy (non-hydrogen) atoms. The van der Waals surface area contributed by atoms with Crippen molar-refractivity contribution in [1.29, 1.82) is 0 Å². The highest BCUT2D eigenvalue weighted by Crippen LogP contribution is 2.37. The van der Waals surface area contributed by atoms with Crippen molar-refractivity contribution in [2.24, 2.45) is 0 Å². The lowest BCUT2D eigenvalue weighted by atomic mass is 10.1. The van der Waals surface area contributed by atoms with E-state index in [-0.39, 0.29) is 18.2 Å². The zero-order valence-electron chi connectivity index (χ0n) is 16.0. The normalized spacial score (nSPS) is 20.6. The maximum absolute atomic E-state index is 12.8. The van der Waals surface area contributed by atoms with E-state index < -0.39 is 5.60 Å². The molecule has 1 aliphatic heterocycles. The SMILES string of the molecule is CC1CCC(c2nc3c(ccc4cc(Br)ccc43)[nH]2)N1C(=O)OC(C)(C)C. The zero-order valence-corrected chi connectivity index (χ0v) is 17.6. The number of likely N-dealkylation sites (tertiary alicyclic amines) is 1. The van der Waals surface area contributed by atoms with Crippen LogP contribution in [0, 0.1) is 0 Å². The summed E-state index contributed by atoms with van der Waals surface area (Å²) in [4.78, 5) is 22.9. The largest absolute Gasteiger partial charge is 0.444 e. The molecule has 5 nitrogen and oxygen atoms in total. The molecule has 142 valence electrons. The molecule has 1 fully saturated rings. The first-order valence-electron chi connectivity index (χ1n) is 9.32. The number of ether oxygens (including phenoxy) is 1. The minimum atomic E-state index is -0.512. The maximum atomic E-state index is 12.8. The molecule has 0 radical (unpaired) electrons. The fourth-order valence-corrected chi connectivity index (χ4v) is 4.20. The van der Waals surface area contributed by atoms with Gasteiger partial charge in [0.2, 0.25) is 0 Å². The summed E-state index contributed by atoms with van der Waals surface area (Å²) < 4.78 is 6.69. The second kappa shape index (κ2) is 6.51. The van der Waals surface area contributed by atoms with E-state index in [1.807, 2.05) is 31.7 Å². The molecule has 0 bridgehead atoms. The Morgan fingerprint density at radius 1 is 1.26 bits per heavy atom. The predicted octanol–water partition coefficient (Wildman–Crippen LogP) is 5.94. The van der Waals surface area contributed by atoms with Crippen LogP contribution in [0.25, 0.3) is 21.8 Å². The van der Waals surface area contributed by atoms with E-state index in [1.165, 1.54) is 0 Å². The van der Waals surface area contributed by atoms with Gasteiger partial charge in [-0.1, -0.05) is 28.1 Å². The number of hydrogen-bond donors (Lipinski definition) is 1. The second-order valence-corrected chi connectivity index (χ2v) is 9.19. The molecule has 0 saturated carbocycles. The highest BCUT2D eigenvalue weighted by molar-refractivity contribution is 9.10. The zero-order chi connectivity index (χ0) is 19.3. The Balaban J connectivity index is 1.74. The van der Waals surface area contributed by atoms with Crippen LogP contribution in [0.15, 0.2) is 34.8 Å². The van der Waals surface area contributed by atoms with Crippen molar-refractivity contribution >= 4 is 43.8 Å². The molecule has 2 heterocycles. The van der Waals surface area contributed by atoms with Gasteiger partial charge in [-0.15, -0.1) is 0 Å². The quantitative estimate of drug-likeness (QED) is 0.520. The number of benzene rings is 2. The lowest BCUT2D eigenvalue weighted by Gasteiger charge is -2.30. The fourth-order valence-electron chi connectivity index (χ4n) is 3.82. The average Bonchev–Trinajstić information content (AvgIpc) is 3.16. The van der Waals surface area contributed by atoms with Crippen LogP contribution in [0.1, 0.15) is 52.4 Å². The van der Waals surface area contributed by atoms with Crippen LogP contribution in [-0.2, 0) is 4.74 Å². The van der Waals surface area contributed by atoms with Crippen molar-refractivity contribution in [2.75, 3.05) is 0 Å². The summed E-state index contributed by atoms with van der Waals surface area (Å²) in [5.74, 6) is 0.829. The maximum Gasteiger partial charge on any atom is 0.411 e. The van der Waals surface area contributed by atoms with Gasteiger partial charge >= 0.3 is 6.09 Å². The third-order valence-electron chi connectivity index (χ3n) is 5.04. The number of amides is 1. The van der Waals surface area contributed by atoms with Gasteiger partial charge in [-0.25, -0.2) is 9.78 Å². The van der Waals surface area contributed by atoms with Crippen LogP contribution in [0.4, 0.5) is 4.79 Å². The van der Waals surface area contributed by atoms with E-state index >= 15 is 0 Å². The lowest BCUT2D eigenvalue weighted by molar-refractivity contribution is 0.0152. The Morgan fingerprint density at radius 2 is 2.04 bits per heavy atom. The Morgan fingerprint density at radius 3 is 2.78 bits per heavy atom. The van der Waals surface area contributed by atoms with E-state index in [0.29, 0.717) is 0 Å². The predicted molar refractivity (Wildman–Crippen MR) is 111 cm³/mol. The first-order chi connectivity index (χ1) is 12.7. The van der Waals surface area contributed by atoms with Gasteiger partial charge in [-0.05, 0) is 64.1 Å². The van der Waals surface area contributed by atoms with Gasteiger partial charge in [0.05, 0.1) is 17.1 Å². The van der Waals surface area contributed by atoms with Crippen molar-refractivity contribution in [1.82, 2.24) is 14.9 Å². The monoisotopic (exact) mass is 429 g/mol. The molecule has 3 aromatic rings. The number of H-pyrrole nitrogens is 1. The van der Waals surface area contributed by atoms with Crippen LogP contribution in [-0.4, -0.2) is 32.6 Å². The van der Waals surface area contributed by atoms with Gasteiger partial charge in [0.1, 0.15) is 11.4 Å². The van der Waals surface area contributed by atoms with Gasteiger partial charge in [0, 0.05) is 15.9 Å². The van der Waals surface area contributed by atoms with Crippen LogP contribution in [0.5, 0.6) is 0 Å². The standard InChI is InChI=1S/C21H24BrN3O2/c1-12-5-10-17(25(12)20(26)27-21(2,3)4)19-23-16-9-6-13-11-14(22)7-8-15(13)18(16)24-19/h6-9,11-12,17H,5,10H2,1-4H3,(H,23,24). The molecule has 0 spiro atoms. The molecule has 4 rings (SSSR count). The highest BCUT2D eigenvalue weighted by atomic mass is 79.9. The topological polar surface area (TPSA) is 58.2 Å². The minimum Gasteiger partial charge on any atom is -0.444 e. The first kappa shape index (κ1) is 18.3. The number of fused-ring (bicyclic) bond motifs is 3. The molecule has 2 atom stereocenters. The highest BCUT2D eigenvalue weighted by Gasteiger charge is 2.39. The molecular formula is C21H24BrN3O2. The summed E-state index contributed by atoms with van der Waals surface area (Å²) in [7, 11) is 0. The number of halogens is 1. The number of nitrogens with one attached hydrogen (secondary N) is 1. The van der Waals surface area contributed by atoms with Gasteiger partial charge in [0.15, 0.2) is 0 Å². The van der Waals surface area contributed by atoms with E-state index in [1.54, 1.807) is 0 Å². The third-order valence-corrected chi connectivity index (χ3v) is 5.53. The van der Waals surface area contributed by atoms with Crippen molar-refractivity contribution < 1.29 is 9.53 Å². The van der Waals surface area contributed by atoms with Gasteiger partial charge in [-0.2, -0.15) is 0 Å². The van der Waals surface area contributed by atoms with Crippen LogP contribution in [0.2, 0.25) is 0 Å². The van der Waals surface area contributed by atoms with Crippen molar-refractivity contribution in [3.05, 3.63) is 40.6 Å². The van der Waals surface area contributed by atoms with Crippen molar-refractivity contribution in [2.45, 2.75) is 58.2 Å². The van der Waals surface area contributed by atoms with E-state index in [9.17, 15) is 4.79 Å². The van der Waals surface area contributed by atoms with E-state index in [2.05, 4.69) is 52.1 Å². The molecule has 1 N–H and O–H groups in total. The molecule has 1 saturated heterocycles. The summed E-state index contributed by atoms with van der Waals surface area (Å²) in [6.07, 6.45) is 1.55. The molecule has 2 aromatic carbocycles. The molecular weight excluding hydrogens is 406 g/mol. The number of aromatic amines is 1. The number of imidazole rings is 1. The molecule has 2 unspecified atom stereocenters. The first-order valence-corrected chi connectivity index (χ1v) is 10.1. The number of aromatic nitrogens is 2. The number of hydrogen-bond acceptors (Lipinski definition) is 3. The summed E-state index contributed by atoms with van der Waals surface area (Å²) in [6, 6.07) is 10.4. The molecule has 0 aliphatic carbocycles. The van der Waals surface area contributed by atoms with E-state index in [0.717, 1.165) is 44.9 Å². The molecule has 1 aromatic heterocycles. The third kappa shape index (κ3) is 3.43. The minimum absolute atomic E-state index is 0.0900. The lowest BCUT2D eigenvalue weighted by Crippen LogP contribution is -2.40. The van der Waals surface area contributed by atoms with E-state index in [4.69, 9.17) is 9.72 Å². The number of rotatable bonds is 1. The Hall–Kier alpha value is -2.08. The Bertz CT molecular complexity index is 1020. The van der Waals surface area contributed by atoms with Crippen LogP contribution in [0.3, 0.4) is 0 Å². The average molecular weight is 430 g/mol. The van der Waals surface area contributed by atoms with Crippen molar-refractivity contribution in [3.63, 3.8) is 0 Å². The molecule has 1 amide bonds. The van der Waals surface area contributed by atoms with Crippen LogP contribution < -0.4 is 0 Å². The summed E-state index contributed by atoms with van der Waals surface area (Å²) in [5, 5.41) is 2.24. The smallest absolute Gasteiger partial charge is 0.411 e. The fraction of sp³-hybridized carbons (Fsp3) is 0.429. The number of carbonyl (C=O) groups excluding carboxylic acids is 1. The Labute approximate surface area is 167 Å². The molecule has 1 aliphatic rings. The second-order valence-electron chi connectivity index (χ2n) is 8.28. The summed E-state index contributed by atoms with van der Waals surface area (Å²) >= 11 is 3.52. The van der Waals surface area contributed by atoms with Gasteiger partial charge in [-0.3, -0.25) is 4.90 Å². The number of nitrogens with zero attached hydrogens (tertiary/aromatic N) is 2. The number of carbonyl (C=O) groups is 1. The van der Waals surface area contributed by atoms with Crippen LogP contribution >= 0.6 is 15.9 Å². The van der Waals surface area contributed by atoms with Gasteiger partial charge < -0.3 is 9.72 Å². The molecule has 6 heteroatoms. The summed E-state index contributed by atoms with van der Waals surface area (Å²) in [6.45, 7) is 7.75. The Kier molecular flexibility index (Phi) is 4.41.